The molecule has 1 N–H and O–H groups in total. The molecule has 6 heteroatoms. The number of nitrogens with zero attached hydrogens (tertiary/aromatic N) is 5. The van der Waals surface area contributed by atoms with Crippen molar-refractivity contribution in [3.63, 3.8) is 0 Å². The maximum Gasteiger partial charge on any atom is 0.247 e. The Morgan fingerprint density at radius 1 is 0.760 bits per heavy atom. The molecule has 25 heavy (non-hydrogen) atoms. The Labute approximate surface area is 147 Å². The summed E-state index contributed by atoms with van der Waals surface area (Å²) in [4.78, 5) is 9.18. The Morgan fingerprint density at radius 2 is 1.40 bits per heavy atom. The lowest BCUT2D eigenvalue weighted by Crippen LogP contribution is -2.47. The maximum atomic E-state index is 4.61. The fourth-order valence-electron chi connectivity index (χ4n) is 2.96. The van der Waals surface area contributed by atoms with Gasteiger partial charge in [-0.05, 0) is 24.3 Å². The van der Waals surface area contributed by atoms with E-state index < -0.39 is 0 Å². The van der Waals surface area contributed by atoms with Gasteiger partial charge in [0.2, 0.25) is 5.95 Å². The van der Waals surface area contributed by atoms with Gasteiger partial charge in [0.1, 0.15) is 0 Å². The van der Waals surface area contributed by atoms with Gasteiger partial charge in [-0.2, -0.15) is 10.1 Å². The van der Waals surface area contributed by atoms with Crippen molar-refractivity contribution < 1.29 is 0 Å². The van der Waals surface area contributed by atoms with Crippen LogP contribution in [0.5, 0.6) is 0 Å². The first kappa shape index (κ1) is 15.4. The molecule has 1 aromatic heterocycles. The number of rotatable bonds is 4. The van der Waals surface area contributed by atoms with E-state index in [4.69, 9.17) is 0 Å². The third-order valence-electron chi connectivity index (χ3n) is 4.28. The van der Waals surface area contributed by atoms with Gasteiger partial charge >= 0.3 is 0 Å². The molecule has 0 unspecified atom stereocenters. The van der Waals surface area contributed by atoms with Crippen molar-refractivity contribution in [2.45, 2.75) is 0 Å². The molecule has 0 atom stereocenters. The van der Waals surface area contributed by atoms with Gasteiger partial charge in [-0.3, -0.25) is 0 Å². The summed E-state index contributed by atoms with van der Waals surface area (Å²) >= 11 is 0. The van der Waals surface area contributed by atoms with Crippen LogP contribution < -0.4 is 15.1 Å². The van der Waals surface area contributed by atoms with Crippen molar-refractivity contribution in [3.05, 3.63) is 66.9 Å². The Bertz CT molecular complexity index is 800. The summed E-state index contributed by atoms with van der Waals surface area (Å²) in [5, 5.41) is 11.6. The number of hydrogen-bond donors (Lipinski definition) is 1. The molecule has 4 rings (SSSR count). The fourth-order valence-corrected chi connectivity index (χ4v) is 2.96. The van der Waals surface area contributed by atoms with Crippen LogP contribution in [0, 0.1) is 0 Å². The zero-order valence-electron chi connectivity index (χ0n) is 13.9. The highest BCUT2D eigenvalue weighted by Gasteiger charge is 2.19. The van der Waals surface area contributed by atoms with Crippen molar-refractivity contribution in [1.82, 2.24) is 15.2 Å². The molecule has 126 valence electrons. The Kier molecular flexibility index (Phi) is 4.41. The lowest BCUT2D eigenvalue weighted by Gasteiger charge is -2.35. The highest BCUT2D eigenvalue weighted by molar-refractivity contribution is 5.56. The second-order valence-corrected chi connectivity index (χ2v) is 5.94. The minimum absolute atomic E-state index is 0.675. The summed E-state index contributed by atoms with van der Waals surface area (Å²) in [6, 6.07) is 20.5. The van der Waals surface area contributed by atoms with E-state index in [-0.39, 0.29) is 0 Å². The van der Waals surface area contributed by atoms with Crippen LogP contribution in [0.3, 0.4) is 0 Å². The molecule has 0 aliphatic carbocycles. The van der Waals surface area contributed by atoms with Crippen LogP contribution in [0.15, 0.2) is 66.9 Å². The summed E-state index contributed by atoms with van der Waals surface area (Å²) in [6.07, 6.45) is 1.65. The molecule has 1 saturated heterocycles. The molecule has 0 saturated carbocycles. The summed E-state index contributed by atoms with van der Waals surface area (Å²) < 4.78 is 0. The molecule has 6 nitrogen and oxygen atoms in total. The van der Waals surface area contributed by atoms with Gasteiger partial charge in [0, 0.05) is 37.6 Å². The maximum absolute atomic E-state index is 4.61. The predicted octanol–water partition coefficient (Wildman–Crippen LogP) is 2.94. The summed E-state index contributed by atoms with van der Waals surface area (Å²) in [5.41, 5.74) is 2.25. The lowest BCUT2D eigenvalue weighted by molar-refractivity contribution is 0.635. The van der Waals surface area contributed by atoms with Gasteiger partial charge in [-0.1, -0.05) is 36.4 Å². The minimum Gasteiger partial charge on any atom is -0.368 e. The van der Waals surface area contributed by atoms with E-state index in [0.717, 1.165) is 31.9 Å². The number of piperazine rings is 1. The molecule has 2 heterocycles. The van der Waals surface area contributed by atoms with Gasteiger partial charge < -0.3 is 15.1 Å². The van der Waals surface area contributed by atoms with Crippen LogP contribution >= 0.6 is 0 Å². The van der Waals surface area contributed by atoms with E-state index in [1.54, 1.807) is 6.20 Å². The number of anilines is 4. The van der Waals surface area contributed by atoms with Gasteiger partial charge in [0.25, 0.3) is 0 Å². The average molecular weight is 332 g/mol. The first-order chi connectivity index (χ1) is 12.4. The van der Waals surface area contributed by atoms with Crippen LogP contribution in [0.4, 0.5) is 23.1 Å². The predicted molar refractivity (Wildman–Crippen MR) is 100 cm³/mol. The SMILES string of the molecule is c1ccc(Nc2cnnc(N3CCN(c4ccccc4)CC3)n2)cc1. The zero-order valence-corrected chi connectivity index (χ0v) is 13.9. The second-order valence-electron chi connectivity index (χ2n) is 5.94. The van der Waals surface area contributed by atoms with Gasteiger partial charge in [0.05, 0.1) is 6.20 Å². The monoisotopic (exact) mass is 332 g/mol. The van der Waals surface area contributed by atoms with Crippen molar-refractivity contribution in [1.29, 1.82) is 0 Å². The molecule has 0 radical (unpaired) electrons. The Morgan fingerprint density at radius 3 is 2.12 bits per heavy atom. The number of hydrogen-bond acceptors (Lipinski definition) is 6. The van der Waals surface area contributed by atoms with Crippen LogP contribution in [-0.4, -0.2) is 41.4 Å². The number of aromatic nitrogens is 3. The third kappa shape index (κ3) is 3.68. The zero-order chi connectivity index (χ0) is 16.9. The first-order valence-corrected chi connectivity index (χ1v) is 8.45. The van der Waals surface area contributed by atoms with Gasteiger partial charge in [-0.25, -0.2) is 0 Å². The van der Waals surface area contributed by atoms with E-state index in [0.29, 0.717) is 11.8 Å². The lowest BCUT2D eigenvalue weighted by atomic mass is 10.2. The Hall–Kier alpha value is -3.15. The molecular weight excluding hydrogens is 312 g/mol. The van der Waals surface area contributed by atoms with Crippen LogP contribution in [0.1, 0.15) is 0 Å². The number of nitrogens with one attached hydrogen (secondary N) is 1. The van der Waals surface area contributed by atoms with E-state index >= 15 is 0 Å². The molecule has 0 spiro atoms. The molecule has 0 amide bonds. The standard InChI is InChI=1S/C19H20N6/c1-3-7-16(8-4-1)21-18-15-20-23-19(22-18)25-13-11-24(12-14-25)17-9-5-2-6-10-17/h1-10,15H,11-14H2,(H,21,22,23). The van der Waals surface area contributed by atoms with E-state index in [2.05, 4.69) is 54.6 Å². The molecule has 1 fully saturated rings. The van der Waals surface area contributed by atoms with E-state index in [1.807, 2.05) is 36.4 Å². The molecule has 1 aliphatic heterocycles. The van der Waals surface area contributed by atoms with E-state index in [1.165, 1.54) is 5.69 Å². The van der Waals surface area contributed by atoms with Crippen molar-refractivity contribution in [3.8, 4) is 0 Å². The van der Waals surface area contributed by atoms with Gasteiger partial charge in [-0.15, -0.1) is 5.10 Å². The van der Waals surface area contributed by atoms with Gasteiger partial charge in [0.15, 0.2) is 5.82 Å². The fraction of sp³-hybridized carbons (Fsp3) is 0.211. The topological polar surface area (TPSA) is 57.2 Å². The minimum atomic E-state index is 0.675. The molecule has 0 bridgehead atoms. The van der Waals surface area contributed by atoms with Crippen molar-refractivity contribution in [2.24, 2.45) is 0 Å². The van der Waals surface area contributed by atoms with E-state index in [9.17, 15) is 0 Å². The quantitative estimate of drug-likeness (QED) is 0.793. The Balaban J connectivity index is 1.42. The summed E-state index contributed by atoms with van der Waals surface area (Å²) in [6.45, 7) is 3.66. The second kappa shape index (κ2) is 7.17. The highest BCUT2D eigenvalue weighted by atomic mass is 15.4. The molecule has 3 aromatic rings. The highest BCUT2D eigenvalue weighted by Crippen LogP contribution is 2.19. The van der Waals surface area contributed by atoms with Crippen molar-refractivity contribution >= 4 is 23.1 Å². The number of benzene rings is 2. The summed E-state index contributed by atoms with van der Waals surface area (Å²) in [5.74, 6) is 1.38. The first-order valence-electron chi connectivity index (χ1n) is 8.45. The third-order valence-corrected chi connectivity index (χ3v) is 4.28. The molecule has 1 aliphatic rings. The van der Waals surface area contributed by atoms with Crippen LogP contribution in [0.2, 0.25) is 0 Å². The smallest absolute Gasteiger partial charge is 0.247 e. The van der Waals surface area contributed by atoms with Crippen LogP contribution in [0.25, 0.3) is 0 Å². The summed E-state index contributed by atoms with van der Waals surface area (Å²) in [7, 11) is 0. The number of para-hydroxylation sites is 2. The van der Waals surface area contributed by atoms with Crippen LogP contribution in [-0.2, 0) is 0 Å². The normalized spacial score (nSPS) is 14.4. The average Bonchev–Trinajstić information content (AvgIpc) is 2.70. The largest absolute Gasteiger partial charge is 0.368 e. The van der Waals surface area contributed by atoms with Crippen molar-refractivity contribution in [2.75, 3.05) is 41.3 Å². The molecular formula is C19H20N6. The molecule has 2 aromatic carbocycles.